The van der Waals surface area contributed by atoms with E-state index in [2.05, 4.69) is 49.1 Å². The zero-order valence-electron chi connectivity index (χ0n) is 29.0. The van der Waals surface area contributed by atoms with Crippen molar-refractivity contribution in [2.24, 2.45) is 5.73 Å². The topological polar surface area (TPSA) is 194 Å². The van der Waals surface area contributed by atoms with Crippen LogP contribution in [0, 0.1) is 0 Å². The van der Waals surface area contributed by atoms with Crippen molar-refractivity contribution in [1.29, 1.82) is 0 Å². The van der Waals surface area contributed by atoms with Crippen molar-refractivity contribution in [3.05, 3.63) is 41.6 Å². The van der Waals surface area contributed by atoms with Crippen LogP contribution in [0.2, 0.25) is 0 Å². The summed E-state index contributed by atoms with van der Waals surface area (Å²) in [5.74, 6) is 0.763. The van der Waals surface area contributed by atoms with E-state index in [-0.39, 0.29) is 24.2 Å². The molecule has 1 fully saturated rings. The van der Waals surface area contributed by atoms with Gasteiger partial charge in [-0.3, -0.25) is 19.3 Å². The Bertz CT molecular complexity index is 1540. The molecule has 0 radical (unpaired) electrons. The number of rotatable bonds is 20. The normalized spacial score (nSPS) is 14.1. The Balaban J connectivity index is 1.24. The van der Waals surface area contributed by atoms with E-state index < -0.39 is 12.0 Å². The van der Waals surface area contributed by atoms with Gasteiger partial charge >= 0.3 is 5.97 Å². The molecule has 0 spiro atoms. The highest BCUT2D eigenvalue weighted by molar-refractivity contribution is 5.87. The van der Waals surface area contributed by atoms with Gasteiger partial charge in [-0.2, -0.15) is 4.98 Å². The highest BCUT2D eigenvalue weighted by Crippen LogP contribution is 2.27. The Morgan fingerprint density at radius 1 is 0.980 bits per heavy atom. The van der Waals surface area contributed by atoms with Crippen LogP contribution in [0.25, 0.3) is 11.0 Å². The zero-order valence-corrected chi connectivity index (χ0v) is 29.0. The van der Waals surface area contributed by atoms with Crippen molar-refractivity contribution < 1.29 is 24.2 Å². The molecule has 14 nitrogen and oxygen atoms in total. The van der Waals surface area contributed by atoms with E-state index in [9.17, 15) is 14.4 Å². The van der Waals surface area contributed by atoms with Gasteiger partial charge in [-0.25, -0.2) is 4.98 Å². The maximum absolute atomic E-state index is 12.8. The number of methoxy groups -OCH3 is 1. The van der Waals surface area contributed by atoms with Gasteiger partial charge in [0.1, 0.15) is 17.3 Å². The van der Waals surface area contributed by atoms with E-state index in [1.54, 1.807) is 7.11 Å². The standard InChI is InChI=1S/C35H53N9O5/c1-3-4-6-16-39-33-32-28(40-35(37)41-33)14-17-44(32)24-26-22-25(12-13-29(26)49-2)23-42-18-20-43(21-19-42)31(46)11-8-10-30(45)38-15-7-5-9-27(36)34(47)48/h12-14,17,22,27H,3-11,15-16,18-21,23-24,36H2,1-2H3,(H,38,45)(H,47,48)(H3,37,39,40,41)/t27-/m0/s1. The van der Waals surface area contributed by atoms with Crippen LogP contribution < -0.4 is 26.8 Å². The van der Waals surface area contributed by atoms with Crippen LogP contribution in [0.3, 0.4) is 0 Å². The number of nitrogen functional groups attached to an aromatic ring is 1. The van der Waals surface area contributed by atoms with Gasteiger partial charge < -0.3 is 41.4 Å². The summed E-state index contributed by atoms with van der Waals surface area (Å²) >= 11 is 0. The lowest BCUT2D eigenvalue weighted by Gasteiger charge is -2.35. The van der Waals surface area contributed by atoms with Gasteiger partial charge in [0.15, 0.2) is 5.82 Å². The maximum Gasteiger partial charge on any atom is 0.320 e. The van der Waals surface area contributed by atoms with Gasteiger partial charge in [-0.15, -0.1) is 0 Å². The Morgan fingerprint density at radius 2 is 1.76 bits per heavy atom. The van der Waals surface area contributed by atoms with Crippen molar-refractivity contribution in [3.63, 3.8) is 0 Å². The number of ether oxygens (including phenoxy) is 1. The molecule has 3 heterocycles. The number of nitrogens with zero attached hydrogens (tertiary/aromatic N) is 5. The minimum absolute atomic E-state index is 0.0748. The van der Waals surface area contributed by atoms with E-state index in [1.165, 1.54) is 5.56 Å². The molecule has 2 amide bonds. The smallest absolute Gasteiger partial charge is 0.320 e. The first-order valence-corrected chi connectivity index (χ1v) is 17.5. The number of amides is 2. The fraction of sp³-hybridized carbons (Fsp3) is 0.571. The molecule has 0 aliphatic carbocycles. The van der Waals surface area contributed by atoms with Crippen molar-refractivity contribution in [2.45, 2.75) is 83.8 Å². The number of anilines is 2. The van der Waals surface area contributed by atoms with Crippen LogP contribution in [-0.4, -0.2) is 99.6 Å². The van der Waals surface area contributed by atoms with Crippen LogP contribution in [0.15, 0.2) is 30.5 Å². The van der Waals surface area contributed by atoms with Gasteiger partial charge in [0, 0.05) is 70.4 Å². The first-order chi connectivity index (χ1) is 23.7. The van der Waals surface area contributed by atoms with Gasteiger partial charge in [0.25, 0.3) is 0 Å². The molecular formula is C35H53N9O5. The highest BCUT2D eigenvalue weighted by Gasteiger charge is 2.22. The number of carbonyl (C=O) groups excluding carboxylic acids is 2. The lowest BCUT2D eigenvalue weighted by atomic mass is 10.1. The number of piperazine rings is 1. The number of carbonyl (C=O) groups is 3. The summed E-state index contributed by atoms with van der Waals surface area (Å²) in [5, 5.41) is 15.1. The summed E-state index contributed by atoms with van der Waals surface area (Å²) in [6.07, 6.45) is 8.15. The first-order valence-electron chi connectivity index (χ1n) is 17.5. The monoisotopic (exact) mass is 679 g/mol. The second-order valence-electron chi connectivity index (χ2n) is 12.7. The minimum Gasteiger partial charge on any atom is -0.496 e. The minimum atomic E-state index is -1.01. The average molecular weight is 680 g/mol. The number of aliphatic carboxylic acids is 1. The van der Waals surface area contributed by atoms with Crippen molar-refractivity contribution in [1.82, 2.24) is 29.7 Å². The van der Waals surface area contributed by atoms with Gasteiger partial charge in [0.05, 0.1) is 19.2 Å². The summed E-state index contributed by atoms with van der Waals surface area (Å²) in [6, 6.07) is 7.39. The third-order valence-corrected chi connectivity index (χ3v) is 8.89. The Hall–Kier alpha value is -4.43. The molecule has 1 atom stereocenters. The molecule has 7 N–H and O–H groups in total. The summed E-state index contributed by atoms with van der Waals surface area (Å²) in [6.45, 7) is 7.66. The largest absolute Gasteiger partial charge is 0.496 e. The predicted molar refractivity (Wildman–Crippen MR) is 190 cm³/mol. The van der Waals surface area contributed by atoms with Crippen molar-refractivity contribution in [2.75, 3.05) is 57.4 Å². The van der Waals surface area contributed by atoms with Crippen LogP contribution in [0.4, 0.5) is 11.8 Å². The fourth-order valence-electron chi connectivity index (χ4n) is 6.10. The predicted octanol–water partition coefficient (Wildman–Crippen LogP) is 3.19. The van der Waals surface area contributed by atoms with E-state index in [0.29, 0.717) is 58.3 Å². The molecule has 268 valence electrons. The number of carboxylic acid groups (broad SMARTS) is 1. The van der Waals surface area contributed by atoms with Crippen LogP contribution in [0.1, 0.15) is 75.8 Å². The summed E-state index contributed by atoms with van der Waals surface area (Å²) in [7, 11) is 1.68. The molecule has 1 aliphatic heterocycles. The van der Waals surface area contributed by atoms with Gasteiger partial charge in [-0.1, -0.05) is 25.8 Å². The molecule has 3 aromatic rings. The summed E-state index contributed by atoms with van der Waals surface area (Å²) in [4.78, 5) is 48.9. The molecule has 4 rings (SSSR count). The molecule has 1 aliphatic rings. The second-order valence-corrected chi connectivity index (χ2v) is 12.7. The molecular weight excluding hydrogens is 626 g/mol. The molecule has 1 aromatic carbocycles. The van der Waals surface area contributed by atoms with Crippen LogP contribution in [-0.2, 0) is 27.5 Å². The maximum atomic E-state index is 12.8. The number of carboxylic acids is 1. The highest BCUT2D eigenvalue weighted by atomic mass is 16.5. The summed E-state index contributed by atoms with van der Waals surface area (Å²) < 4.78 is 7.87. The lowest BCUT2D eigenvalue weighted by Crippen LogP contribution is -2.48. The Kier molecular flexibility index (Phi) is 14.5. The number of fused-ring (bicyclic) bond motifs is 1. The zero-order chi connectivity index (χ0) is 35.2. The van der Waals surface area contributed by atoms with E-state index >= 15 is 0 Å². The SMILES string of the molecule is CCCCCNc1nc(N)nc2ccn(Cc3cc(CN4CCN(C(=O)CCCC(=O)NCCCC[C@H](N)C(=O)O)CC4)ccc3OC)c12. The van der Waals surface area contributed by atoms with E-state index in [0.717, 1.165) is 73.6 Å². The molecule has 1 saturated heterocycles. The molecule has 0 unspecified atom stereocenters. The van der Waals surface area contributed by atoms with Crippen LogP contribution in [0.5, 0.6) is 5.75 Å². The Morgan fingerprint density at radius 3 is 2.49 bits per heavy atom. The number of benzene rings is 1. The third-order valence-electron chi connectivity index (χ3n) is 8.89. The number of hydrogen-bond donors (Lipinski definition) is 5. The number of nitrogens with two attached hydrogens (primary N) is 2. The molecule has 49 heavy (non-hydrogen) atoms. The lowest BCUT2D eigenvalue weighted by molar-refractivity contribution is -0.138. The molecule has 14 heteroatoms. The van der Waals surface area contributed by atoms with Crippen molar-refractivity contribution in [3.8, 4) is 5.75 Å². The van der Waals surface area contributed by atoms with Crippen LogP contribution >= 0.6 is 0 Å². The number of unbranched alkanes of at least 4 members (excludes halogenated alkanes) is 3. The third kappa shape index (κ3) is 11.3. The molecule has 0 saturated carbocycles. The van der Waals surface area contributed by atoms with Gasteiger partial charge in [0.2, 0.25) is 17.8 Å². The Labute approximate surface area is 288 Å². The number of aromatic nitrogens is 3. The quantitative estimate of drug-likeness (QED) is 0.110. The second kappa shape index (κ2) is 18.9. The fourth-order valence-corrected chi connectivity index (χ4v) is 6.10. The van der Waals surface area contributed by atoms with Gasteiger partial charge in [-0.05, 0) is 55.9 Å². The van der Waals surface area contributed by atoms with E-state index in [4.69, 9.17) is 21.3 Å². The number of nitrogens with one attached hydrogen (secondary N) is 2. The average Bonchev–Trinajstić information content (AvgIpc) is 3.48. The molecule has 0 bridgehead atoms. The van der Waals surface area contributed by atoms with Crippen molar-refractivity contribution >= 4 is 40.6 Å². The number of hydrogen-bond acceptors (Lipinski definition) is 10. The van der Waals surface area contributed by atoms with E-state index in [1.807, 2.05) is 23.2 Å². The first kappa shape index (κ1) is 37.4. The molecule has 2 aromatic heterocycles. The summed E-state index contributed by atoms with van der Waals surface area (Å²) in [5.41, 5.74) is 15.4.